The van der Waals surface area contributed by atoms with Crippen molar-refractivity contribution >= 4 is 17.4 Å². The maximum absolute atomic E-state index is 12.7. The van der Waals surface area contributed by atoms with Crippen molar-refractivity contribution in [3.8, 4) is 0 Å². The van der Waals surface area contributed by atoms with Gasteiger partial charge in [-0.05, 0) is 31.4 Å². The minimum absolute atomic E-state index is 0.119. The van der Waals surface area contributed by atoms with Gasteiger partial charge in [0.25, 0.3) is 0 Å². The third-order valence-electron chi connectivity index (χ3n) is 3.19. The number of pyridine rings is 1. The lowest BCUT2D eigenvalue weighted by molar-refractivity contribution is -0.137. The van der Waals surface area contributed by atoms with Crippen LogP contribution in [0.4, 0.5) is 19.0 Å². The first-order valence-corrected chi connectivity index (χ1v) is 6.16. The van der Waals surface area contributed by atoms with Crippen molar-refractivity contribution in [3.05, 3.63) is 22.8 Å². The standard InChI is InChI=1S/C12H14ClF3N2/c1-7-3-8(2)18(6-7)11-5-9(12(14,15)16)4-10(13)17-11/h4-5,7-8H,3,6H2,1-2H3. The van der Waals surface area contributed by atoms with Gasteiger partial charge in [0.05, 0.1) is 5.56 Å². The van der Waals surface area contributed by atoms with Crippen molar-refractivity contribution < 1.29 is 13.2 Å². The van der Waals surface area contributed by atoms with Gasteiger partial charge in [-0.1, -0.05) is 18.5 Å². The number of aromatic nitrogens is 1. The van der Waals surface area contributed by atoms with E-state index in [2.05, 4.69) is 11.9 Å². The van der Waals surface area contributed by atoms with E-state index >= 15 is 0 Å². The molecule has 0 radical (unpaired) electrons. The third kappa shape index (κ3) is 2.71. The molecule has 1 fully saturated rings. The molecule has 1 aromatic heterocycles. The number of alkyl halides is 3. The summed E-state index contributed by atoms with van der Waals surface area (Å²) in [6, 6.07) is 2.11. The van der Waals surface area contributed by atoms with Gasteiger partial charge in [-0.2, -0.15) is 13.2 Å². The molecule has 0 saturated carbocycles. The van der Waals surface area contributed by atoms with E-state index in [1.165, 1.54) is 0 Å². The first-order valence-electron chi connectivity index (χ1n) is 5.79. The fraction of sp³-hybridized carbons (Fsp3) is 0.583. The Bertz CT molecular complexity index is 447. The Morgan fingerprint density at radius 3 is 2.50 bits per heavy atom. The molecule has 6 heteroatoms. The van der Waals surface area contributed by atoms with E-state index in [0.29, 0.717) is 18.3 Å². The topological polar surface area (TPSA) is 16.1 Å². The van der Waals surface area contributed by atoms with Crippen LogP contribution >= 0.6 is 11.6 Å². The van der Waals surface area contributed by atoms with Crippen LogP contribution in [0.3, 0.4) is 0 Å². The van der Waals surface area contributed by atoms with Crippen LogP contribution in [0, 0.1) is 5.92 Å². The monoisotopic (exact) mass is 278 g/mol. The Kier molecular flexibility index (Phi) is 3.45. The van der Waals surface area contributed by atoms with Crippen molar-refractivity contribution in [2.24, 2.45) is 5.92 Å². The average Bonchev–Trinajstić information content (AvgIpc) is 2.55. The molecule has 2 atom stereocenters. The Morgan fingerprint density at radius 2 is 2.00 bits per heavy atom. The summed E-state index contributed by atoms with van der Waals surface area (Å²) in [4.78, 5) is 5.89. The van der Waals surface area contributed by atoms with Crippen molar-refractivity contribution in [3.63, 3.8) is 0 Å². The van der Waals surface area contributed by atoms with E-state index in [4.69, 9.17) is 11.6 Å². The Hall–Kier alpha value is -0.970. The van der Waals surface area contributed by atoms with E-state index in [-0.39, 0.29) is 11.2 Å². The van der Waals surface area contributed by atoms with E-state index in [1.807, 2.05) is 11.8 Å². The summed E-state index contributed by atoms with van der Waals surface area (Å²) in [5, 5.41) is -0.119. The maximum atomic E-state index is 12.7. The van der Waals surface area contributed by atoms with Gasteiger partial charge in [0, 0.05) is 12.6 Å². The largest absolute Gasteiger partial charge is 0.416 e. The van der Waals surface area contributed by atoms with Crippen molar-refractivity contribution in [2.45, 2.75) is 32.5 Å². The molecular formula is C12H14ClF3N2. The highest BCUT2D eigenvalue weighted by Gasteiger charge is 2.34. The van der Waals surface area contributed by atoms with Crippen LogP contribution in [0.15, 0.2) is 12.1 Å². The fourth-order valence-corrected chi connectivity index (χ4v) is 2.62. The van der Waals surface area contributed by atoms with Crippen molar-refractivity contribution in [1.82, 2.24) is 4.98 Å². The van der Waals surface area contributed by atoms with E-state index in [9.17, 15) is 13.2 Å². The summed E-state index contributed by atoms with van der Waals surface area (Å²) in [5.74, 6) is 0.766. The van der Waals surface area contributed by atoms with Crippen molar-refractivity contribution in [2.75, 3.05) is 11.4 Å². The van der Waals surface area contributed by atoms with E-state index in [0.717, 1.165) is 18.6 Å². The second-order valence-electron chi connectivity index (χ2n) is 4.88. The van der Waals surface area contributed by atoms with Gasteiger partial charge in [-0.3, -0.25) is 0 Å². The quantitative estimate of drug-likeness (QED) is 0.722. The first-order chi connectivity index (χ1) is 8.27. The highest BCUT2D eigenvalue weighted by Crippen LogP contribution is 2.35. The molecule has 1 saturated heterocycles. The van der Waals surface area contributed by atoms with Gasteiger partial charge in [0.1, 0.15) is 11.0 Å². The van der Waals surface area contributed by atoms with Gasteiger partial charge in [-0.15, -0.1) is 0 Å². The Labute approximate surface area is 109 Å². The van der Waals surface area contributed by atoms with Crippen LogP contribution < -0.4 is 4.90 Å². The zero-order chi connectivity index (χ0) is 13.5. The molecular weight excluding hydrogens is 265 g/mol. The molecule has 2 heterocycles. The molecule has 0 amide bonds. The summed E-state index contributed by atoms with van der Waals surface area (Å²) in [5.41, 5.74) is -0.746. The second kappa shape index (κ2) is 4.61. The molecule has 1 aliphatic heterocycles. The van der Waals surface area contributed by atoms with Gasteiger partial charge in [0.2, 0.25) is 0 Å². The van der Waals surface area contributed by atoms with Gasteiger partial charge < -0.3 is 4.90 Å². The fourth-order valence-electron chi connectivity index (χ4n) is 2.41. The SMILES string of the molecule is CC1CC(C)N(c2cc(C(F)(F)F)cc(Cl)n2)C1. The van der Waals surface area contributed by atoms with Crippen LogP contribution in [-0.2, 0) is 6.18 Å². The molecule has 0 aromatic carbocycles. The first kappa shape index (κ1) is 13.5. The molecule has 18 heavy (non-hydrogen) atoms. The average molecular weight is 279 g/mol. The van der Waals surface area contributed by atoms with Crippen LogP contribution in [-0.4, -0.2) is 17.6 Å². The normalized spacial score (nSPS) is 24.7. The smallest absolute Gasteiger partial charge is 0.354 e. The highest BCUT2D eigenvalue weighted by molar-refractivity contribution is 6.29. The third-order valence-corrected chi connectivity index (χ3v) is 3.38. The molecule has 0 bridgehead atoms. The van der Waals surface area contributed by atoms with E-state index < -0.39 is 11.7 Å². The lowest BCUT2D eigenvalue weighted by atomic mass is 10.1. The highest BCUT2D eigenvalue weighted by atomic mass is 35.5. The molecule has 0 aliphatic carbocycles. The lowest BCUT2D eigenvalue weighted by Crippen LogP contribution is -2.28. The van der Waals surface area contributed by atoms with Crippen LogP contribution in [0.5, 0.6) is 0 Å². The summed E-state index contributed by atoms with van der Waals surface area (Å²) in [6.45, 7) is 4.77. The van der Waals surface area contributed by atoms with Gasteiger partial charge in [-0.25, -0.2) is 4.98 Å². The van der Waals surface area contributed by atoms with Crippen LogP contribution in [0.1, 0.15) is 25.8 Å². The molecule has 0 N–H and O–H groups in total. The second-order valence-corrected chi connectivity index (χ2v) is 5.26. The molecule has 2 nitrogen and oxygen atoms in total. The number of anilines is 1. The molecule has 1 aliphatic rings. The molecule has 1 aromatic rings. The van der Waals surface area contributed by atoms with Crippen LogP contribution in [0.2, 0.25) is 5.15 Å². The number of hydrogen-bond donors (Lipinski definition) is 0. The molecule has 2 unspecified atom stereocenters. The zero-order valence-corrected chi connectivity index (χ0v) is 10.9. The number of rotatable bonds is 1. The molecule has 2 rings (SSSR count). The van der Waals surface area contributed by atoms with Crippen LogP contribution in [0.25, 0.3) is 0 Å². The molecule has 0 spiro atoms. The minimum atomic E-state index is -4.39. The van der Waals surface area contributed by atoms with Gasteiger partial charge >= 0.3 is 6.18 Å². The maximum Gasteiger partial charge on any atom is 0.416 e. The predicted molar refractivity (Wildman–Crippen MR) is 64.8 cm³/mol. The van der Waals surface area contributed by atoms with E-state index in [1.54, 1.807) is 0 Å². The summed E-state index contributed by atoms with van der Waals surface area (Å²) >= 11 is 5.68. The number of halogens is 4. The molecule has 100 valence electrons. The Balaban J connectivity index is 2.37. The van der Waals surface area contributed by atoms with Crippen molar-refractivity contribution in [1.29, 1.82) is 0 Å². The number of nitrogens with zero attached hydrogens (tertiary/aromatic N) is 2. The minimum Gasteiger partial charge on any atom is -0.354 e. The summed E-state index contributed by atoms with van der Waals surface area (Å²) < 4.78 is 38.1. The summed E-state index contributed by atoms with van der Waals surface area (Å²) in [6.07, 6.45) is -3.44. The predicted octanol–water partition coefficient (Wildman–Crippen LogP) is 3.99. The summed E-state index contributed by atoms with van der Waals surface area (Å²) in [7, 11) is 0. The Morgan fingerprint density at radius 1 is 1.33 bits per heavy atom. The zero-order valence-electron chi connectivity index (χ0n) is 10.1. The number of hydrogen-bond acceptors (Lipinski definition) is 2. The van der Waals surface area contributed by atoms with Gasteiger partial charge in [0.15, 0.2) is 0 Å². The lowest BCUT2D eigenvalue weighted by Gasteiger charge is -2.23.